The maximum atomic E-state index is 10.7. The third kappa shape index (κ3) is 10.7. The van der Waals surface area contributed by atoms with Crippen LogP contribution in [0.4, 0.5) is 0 Å². The minimum absolute atomic E-state index is 0.346. The molecule has 0 spiro atoms. The predicted molar refractivity (Wildman–Crippen MR) is 82.3 cm³/mol. The minimum atomic E-state index is -0.346. The average molecular weight is 360 g/mol. The fourth-order valence-corrected chi connectivity index (χ4v) is 3.21. The van der Waals surface area contributed by atoms with Crippen LogP contribution in [0.3, 0.4) is 0 Å². The summed E-state index contributed by atoms with van der Waals surface area (Å²) in [5.41, 5.74) is -0.346. The van der Waals surface area contributed by atoms with E-state index in [1.54, 1.807) is 22.5 Å². The predicted octanol–water partition coefficient (Wildman–Crippen LogP) is 5.03. The van der Waals surface area contributed by atoms with Crippen LogP contribution in [0, 0.1) is 0 Å². The molecule has 0 aromatic heterocycles. The zero-order valence-corrected chi connectivity index (χ0v) is 15.5. The van der Waals surface area contributed by atoms with Gasteiger partial charge in [-0.2, -0.15) is 0 Å². The number of rotatable bonds is 13. The van der Waals surface area contributed by atoms with Crippen molar-refractivity contribution in [3.8, 4) is 0 Å². The van der Waals surface area contributed by atoms with Crippen molar-refractivity contribution in [3.05, 3.63) is 0 Å². The van der Waals surface area contributed by atoms with Gasteiger partial charge in [0.15, 0.2) is 0 Å². The first-order chi connectivity index (χ1) is 8.68. The summed E-state index contributed by atoms with van der Waals surface area (Å²) in [6, 6.07) is 0. The summed E-state index contributed by atoms with van der Waals surface area (Å²) >= 11 is 1.68. The van der Waals surface area contributed by atoms with E-state index in [0.717, 1.165) is 19.3 Å². The molecule has 107 valence electrons. The van der Waals surface area contributed by atoms with Gasteiger partial charge >= 0.3 is 129 Å². The van der Waals surface area contributed by atoms with Gasteiger partial charge in [-0.25, -0.2) is 0 Å². The molecule has 0 amide bonds. The Hall–Kier alpha value is 0.759. The number of hydrogen-bond acceptors (Lipinski definition) is 1. The molecule has 0 aliphatic rings. The second kappa shape index (κ2) is 12.8. The monoisotopic (exact) mass is 361 g/mol. The molecule has 0 heterocycles. The molecule has 0 bridgehead atoms. The molecule has 0 unspecified atom stereocenters. The van der Waals surface area contributed by atoms with Crippen molar-refractivity contribution in [1.82, 2.24) is 0 Å². The van der Waals surface area contributed by atoms with Crippen LogP contribution in [-0.4, -0.2) is 33.2 Å². The second-order valence-electron chi connectivity index (χ2n) is 5.70. The molecule has 0 aliphatic heterocycles. The SMILES string of the molecule is CCCCC(O)(CCCC)CCCCCC[CH2][Sn]. The van der Waals surface area contributed by atoms with Gasteiger partial charge in [0.2, 0.25) is 0 Å². The molecular formula is C16H33OSn. The Kier molecular flexibility index (Phi) is 13.3. The van der Waals surface area contributed by atoms with E-state index in [1.807, 2.05) is 0 Å². The summed E-state index contributed by atoms with van der Waals surface area (Å²) in [7, 11) is 0. The van der Waals surface area contributed by atoms with Crippen molar-refractivity contribution >= 4 is 22.5 Å². The van der Waals surface area contributed by atoms with Crippen molar-refractivity contribution < 1.29 is 5.11 Å². The first-order valence-corrected chi connectivity index (χ1v) is 10.1. The van der Waals surface area contributed by atoms with Crippen molar-refractivity contribution in [3.63, 3.8) is 0 Å². The van der Waals surface area contributed by atoms with Crippen LogP contribution in [0.15, 0.2) is 0 Å². The molecule has 0 aromatic carbocycles. The zero-order chi connectivity index (χ0) is 13.7. The van der Waals surface area contributed by atoms with Crippen LogP contribution in [0.1, 0.15) is 90.9 Å². The first kappa shape index (κ1) is 18.8. The molecule has 3 radical (unpaired) electrons. The molecule has 1 N–H and O–H groups in total. The van der Waals surface area contributed by atoms with Crippen molar-refractivity contribution in [1.29, 1.82) is 0 Å². The summed E-state index contributed by atoms with van der Waals surface area (Å²) < 4.78 is 1.41. The van der Waals surface area contributed by atoms with Gasteiger partial charge in [0.05, 0.1) is 0 Å². The van der Waals surface area contributed by atoms with E-state index in [0.29, 0.717) is 0 Å². The molecule has 0 saturated carbocycles. The molecule has 0 atom stereocenters. The zero-order valence-electron chi connectivity index (χ0n) is 12.6. The van der Waals surface area contributed by atoms with Crippen molar-refractivity contribution in [2.24, 2.45) is 0 Å². The first-order valence-electron chi connectivity index (χ1n) is 8.05. The standard InChI is InChI=1S/C16H33O.Sn/c1-4-7-10-11-12-15-16(17,13-8-5-2)14-9-6-3;/h17H,1,4-15H2,2-3H3;. The van der Waals surface area contributed by atoms with Gasteiger partial charge in [-0.3, -0.25) is 0 Å². The number of unbranched alkanes of at least 4 members (excludes halogenated alkanes) is 6. The Morgan fingerprint density at radius 1 is 0.722 bits per heavy atom. The maximum absolute atomic E-state index is 10.7. The van der Waals surface area contributed by atoms with Gasteiger partial charge in [-0.05, 0) is 0 Å². The normalized spacial score (nSPS) is 12.0. The Balaban J connectivity index is 3.77. The van der Waals surface area contributed by atoms with Crippen LogP contribution < -0.4 is 0 Å². The van der Waals surface area contributed by atoms with Crippen molar-refractivity contribution in [2.45, 2.75) is 101 Å². The Bertz CT molecular complexity index is 162. The van der Waals surface area contributed by atoms with Gasteiger partial charge in [-0.15, -0.1) is 0 Å². The average Bonchev–Trinajstić information content (AvgIpc) is 2.38. The Labute approximate surface area is 128 Å². The van der Waals surface area contributed by atoms with Gasteiger partial charge in [0.1, 0.15) is 0 Å². The molecule has 0 saturated heterocycles. The quantitative estimate of drug-likeness (QED) is 0.361. The number of hydrogen-bond donors (Lipinski definition) is 1. The fourth-order valence-electron chi connectivity index (χ4n) is 2.50. The molecule has 0 aromatic rings. The van der Waals surface area contributed by atoms with Crippen LogP contribution in [-0.2, 0) is 0 Å². The second-order valence-corrected chi connectivity index (χ2v) is 7.13. The van der Waals surface area contributed by atoms with Crippen LogP contribution in [0.25, 0.3) is 0 Å². The van der Waals surface area contributed by atoms with E-state index in [9.17, 15) is 5.11 Å². The molecule has 1 nitrogen and oxygen atoms in total. The van der Waals surface area contributed by atoms with Gasteiger partial charge in [0, 0.05) is 0 Å². The van der Waals surface area contributed by atoms with Gasteiger partial charge in [0.25, 0.3) is 0 Å². The summed E-state index contributed by atoms with van der Waals surface area (Å²) in [4.78, 5) is 0. The van der Waals surface area contributed by atoms with E-state index >= 15 is 0 Å². The van der Waals surface area contributed by atoms with Crippen LogP contribution in [0.2, 0.25) is 4.44 Å². The molecule has 0 rings (SSSR count). The van der Waals surface area contributed by atoms with Crippen LogP contribution in [0.5, 0.6) is 0 Å². The summed E-state index contributed by atoms with van der Waals surface area (Å²) in [5.74, 6) is 0. The van der Waals surface area contributed by atoms with E-state index in [1.165, 1.54) is 62.2 Å². The molecule has 0 aliphatic carbocycles. The summed E-state index contributed by atoms with van der Waals surface area (Å²) in [5, 5.41) is 10.7. The van der Waals surface area contributed by atoms with Gasteiger partial charge < -0.3 is 0 Å². The number of aliphatic hydroxyl groups is 1. The molecular weight excluding hydrogens is 327 g/mol. The Morgan fingerprint density at radius 3 is 1.67 bits per heavy atom. The van der Waals surface area contributed by atoms with E-state index in [4.69, 9.17) is 0 Å². The fraction of sp³-hybridized carbons (Fsp3) is 1.00. The Morgan fingerprint density at radius 2 is 1.17 bits per heavy atom. The third-order valence-corrected chi connectivity index (χ3v) is 4.82. The van der Waals surface area contributed by atoms with E-state index in [-0.39, 0.29) is 5.60 Å². The van der Waals surface area contributed by atoms with E-state index < -0.39 is 0 Å². The molecule has 0 fully saturated rings. The topological polar surface area (TPSA) is 20.2 Å². The third-order valence-electron chi connectivity index (χ3n) is 3.81. The molecule has 18 heavy (non-hydrogen) atoms. The molecule has 2 heteroatoms. The summed E-state index contributed by atoms with van der Waals surface area (Å²) in [6.45, 7) is 4.43. The summed E-state index contributed by atoms with van der Waals surface area (Å²) in [6.07, 6.45) is 14.5. The van der Waals surface area contributed by atoms with Crippen molar-refractivity contribution in [2.75, 3.05) is 0 Å². The van der Waals surface area contributed by atoms with E-state index in [2.05, 4.69) is 13.8 Å². The van der Waals surface area contributed by atoms with Crippen LogP contribution >= 0.6 is 0 Å². The van der Waals surface area contributed by atoms with Gasteiger partial charge in [-0.1, -0.05) is 0 Å².